The largest absolute Gasteiger partial charge is 0.283 e. The van der Waals surface area contributed by atoms with E-state index >= 15 is 0 Å². The summed E-state index contributed by atoms with van der Waals surface area (Å²) in [5.74, 6) is 0.174. The second-order valence-corrected chi connectivity index (χ2v) is 7.12. The number of fused-ring (bicyclic) bond motifs is 3. The number of aryl methyl sites for hydroxylation is 1. The average Bonchev–Trinajstić information content (AvgIpc) is 2.71. The third kappa shape index (κ3) is 2.07. The van der Waals surface area contributed by atoms with Crippen molar-refractivity contribution in [3.05, 3.63) is 34.5 Å². The molecule has 0 saturated heterocycles. The molecule has 3 rings (SSSR count). The highest BCUT2D eigenvalue weighted by Gasteiger charge is 2.29. The number of hydrogen-bond acceptors (Lipinski definition) is 1. The van der Waals surface area contributed by atoms with Gasteiger partial charge in [0, 0.05) is 21.5 Å². The van der Waals surface area contributed by atoms with Crippen LogP contribution in [0.25, 0.3) is 10.9 Å². The summed E-state index contributed by atoms with van der Waals surface area (Å²) in [5, 5.41) is 1.90. The van der Waals surface area contributed by atoms with Gasteiger partial charge in [-0.05, 0) is 49.4 Å². The first kappa shape index (κ1) is 13.7. The SMILES string of the molecule is CC(C)(C)C(=O)n1c2c(c3cc(Cl)ccc31)CCCC2. The molecule has 0 atom stereocenters. The zero-order chi connectivity index (χ0) is 14.5. The molecule has 106 valence electrons. The minimum absolute atomic E-state index is 0.174. The van der Waals surface area contributed by atoms with Gasteiger partial charge in [0.25, 0.3) is 0 Å². The maximum absolute atomic E-state index is 12.8. The lowest BCUT2D eigenvalue weighted by Gasteiger charge is -2.21. The lowest BCUT2D eigenvalue weighted by atomic mass is 9.93. The van der Waals surface area contributed by atoms with Crippen molar-refractivity contribution in [2.45, 2.75) is 46.5 Å². The molecule has 3 heteroatoms. The summed E-state index contributed by atoms with van der Waals surface area (Å²) in [7, 11) is 0. The summed E-state index contributed by atoms with van der Waals surface area (Å²) in [5.41, 5.74) is 3.16. The van der Waals surface area contributed by atoms with Crippen molar-refractivity contribution in [3.8, 4) is 0 Å². The number of nitrogens with zero attached hydrogens (tertiary/aromatic N) is 1. The fourth-order valence-electron chi connectivity index (χ4n) is 3.08. The van der Waals surface area contributed by atoms with E-state index in [4.69, 9.17) is 11.6 Å². The first-order valence-electron chi connectivity index (χ1n) is 7.26. The molecule has 0 bridgehead atoms. The van der Waals surface area contributed by atoms with Gasteiger partial charge in [-0.3, -0.25) is 9.36 Å². The van der Waals surface area contributed by atoms with Crippen molar-refractivity contribution in [1.29, 1.82) is 0 Å². The highest BCUT2D eigenvalue weighted by atomic mass is 35.5. The molecule has 0 fully saturated rings. The lowest BCUT2D eigenvalue weighted by molar-refractivity contribution is 0.0768. The van der Waals surface area contributed by atoms with Crippen molar-refractivity contribution in [3.63, 3.8) is 0 Å². The van der Waals surface area contributed by atoms with Crippen molar-refractivity contribution in [2.24, 2.45) is 5.41 Å². The third-order valence-corrected chi connectivity index (χ3v) is 4.31. The summed E-state index contributed by atoms with van der Waals surface area (Å²) >= 11 is 6.15. The molecule has 1 aliphatic carbocycles. The molecule has 0 amide bonds. The van der Waals surface area contributed by atoms with E-state index in [0.29, 0.717) is 0 Å². The molecule has 0 unspecified atom stereocenters. The highest BCUT2D eigenvalue weighted by molar-refractivity contribution is 6.31. The molecule has 0 spiro atoms. The highest BCUT2D eigenvalue weighted by Crippen LogP contribution is 2.35. The molecular weight excluding hydrogens is 270 g/mol. The first-order valence-corrected chi connectivity index (χ1v) is 7.64. The summed E-state index contributed by atoms with van der Waals surface area (Å²) in [4.78, 5) is 12.8. The fraction of sp³-hybridized carbons (Fsp3) is 0.471. The van der Waals surface area contributed by atoms with Gasteiger partial charge in [-0.2, -0.15) is 0 Å². The molecule has 1 aromatic heterocycles. The molecular formula is C17H20ClNO. The standard InChI is InChI=1S/C17H20ClNO/c1-17(2,3)16(20)19-14-7-5-4-6-12(14)13-10-11(18)8-9-15(13)19/h8-10H,4-7H2,1-3H3. The van der Waals surface area contributed by atoms with Gasteiger partial charge < -0.3 is 0 Å². The van der Waals surface area contributed by atoms with Crippen LogP contribution in [0.3, 0.4) is 0 Å². The Morgan fingerprint density at radius 2 is 1.90 bits per heavy atom. The Hall–Kier alpha value is -1.28. The first-order chi connectivity index (χ1) is 9.39. The van der Waals surface area contributed by atoms with Crippen molar-refractivity contribution in [2.75, 3.05) is 0 Å². The molecule has 0 aliphatic heterocycles. The summed E-state index contributed by atoms with van der Waals surface area (Å²) in [6.45, 7) is 5.94. The molecule has 1 aromatic carbocycles. The maximum atomic E-state index is 12.8. The van der Waals surface area contributed by atoms with E-state index in [9.17, 15) is 4.79 Å². The smallest absolute Gasteiger partial charge is 0.236 e. The van der Waals surface area contributed by atoms with E-state index in [1.165, 1.54) is 17.7 Å². The molecule has 0 radical (unpaired) electrons. The molecule has 0 saturated carbocycles. The number of hydrogen-bond donors (Lipinski definition) is 0. The predicted octanol–water partition coefficient (Wildman–Crippen LogP) is 4.86. The zero-order valence-electron chi connectivity index (χ0n) is 12.3. The number of carbonyl (C=O) groups is 1. The zero-order valence-corrected chi connectivity index (χ0v) is 13.0. The fourth-order valence-corrected chi connectivity index (χ4v) is 3.26. The van der Waals surface area contributed by atoms with Crippen LogP contribution in [-0.2, 0) is 12.8 Å². The monoisotopic (exact) mass is 289 g/mol. The Labute approximate surface area is 124 Å². The van der Waals surface area contributed by atoms with Crippen molar-refractivity contribution < 1.29 is 4.79 Å². The molecule has 2 aromatic rings. The number of carbonyl (C=O) groups excluding carboxylic acids is 1. The normalized spacial score (nSPS) is 15.4. The minimum atomic E-state index is -0.378. The van der Waals surface area contributed by atoms with Gasteiger partial charge in [-0.15, -0.1) is 0 Å². The van der Waals surface area contributed by atoms with Crippen LogP contribution in [0.15, 0.2) is 18.2 Å². The van der Waals surface area contributed by atoms with Crippen LogP contribution in [0.2, 0.25) is 5.02 Å². The Morgan fingerprint density at radius 3 is 2.60 bits per heavy atom. The summed E-state index contributed by atoms with van der Waals surface area (Å²) in [6.07, 6.45) is 4.40. The minimum Gasteiger partial charge on any atom is -0.283 e. The van der Waals surface area contributed by atoms with Crippen LogP contribution >= 0.6 is 11.6 Å². The summed E-state index contributed by atoms with van der Waals surface area (Å²) in [6, 6.07) is 5.87. The number of rotatable bonds is 0. The van der Waals surface area contributed by atoms with E-state index in [-0.39, 0.29) is 11.3 Å². The average molecular weight is 290 g/mol. The molecule has 1 heterocycles. The molecule has 2 nitrogen and oxygen atoms in total. The van der Waals surface area contributed by atoms with Gasteiger partial charge in [0.1, 0.15) is 0 Å². The topological polar surface area (TPSA) is 22.0 Å². The molecule has 1 aliphatic rings. The summed E-state index contributed by atoms with van der Waals surface area (Å²) < 4.78 is 1.94. The van der Waals surface area contributed by atoms with Crippen LogP contribution in [0.5, 0.6) is 0 Å². The van der Waals surface area contributed by atoms with Crippen LogP contribution in [0, 0.1) is 5.41 Å². The Balaban J connectivity index is 2.33. The van der Waals surface area contributed by atoms with Gasteiger partial charge in [0.2, 0.25) is 5.91 Å². The van der Waals surface area contributed by atoms with Crippen LogP contribution in [0.1, 0.15) is 49.7 Å². The third-order valence-electron chi connectivity index (χ3n) is 4.08. The van der Waals surface area contributed by atoms with E-state index < -0.39 is 0 Å². The lowest BCUT2D eigenvalue weighted by Crippen LogP contribution is -2.28. The Bertz CT molecular complexity index is 691. The van der Waals surface area contributed by atoms with Gasteiger partial charge >= 0.3 is 0 Å². The Morgan fingerprint density at radius 1 is 1.20 bits per heavy atom. The van der Waals surface area contributed by atoms with Gasteiger partial charge in [-0.1, -0.05) is 32.4 Å². The quantitative estimate of drug-likeness (QED) is 0.679. The number of aromatic nitrogens is 1. The van der Waals surface area contributed by atoms with Crippen molar-refractivity contribution in [1.82, 2.24) is 4.57 Å². The maximum Gasteiger partial charge on any atom is 0.236 e. The van der Waals surface area contributed by atoms with E-state index in [1.54, 1.807) is 0 Å². The number of halogens is 1. The van der Waals surface area contributed by atoms with E-state index in [0.717, 1.165) is 35.2 Å². The Kier molecular flexibility index (Phi) is 3.17. The van der Waals surface area contributed by atoms with Gasteiger partial charge in [0.05, 0.1) is 5.52 Å². The molecule has 0 N–H and O–H groups in total. The van der Waals surface area contributed by atoms with E-state index in [2.05, 4.69) is 0 Å². The van der Waals surface area contributed by atoms with Gasteiger partial charge in [-0.25, -0.2) is 0 Å². The second kappa shape index (κ2) is 4.63. The van der Waals surface area contributed by atoms with Crippen LogP contribution < -0.4 is 0 Å². The van der Waals surface area contributed by atoms with Crippen molar-refractivity contribution >= 4 is 28.4 Å². The van der Waals surface area contributed by atoms with Crippen LogP contribution in [-0.4, -0.2) is 10.5 Å². The number of benzene rings is 1. The second-order valence-electron chi connectivity index (χ2n) is 6.68. The molecule has 20 heavy (non-hydrogen) atoms. The van der Waals surface area contributed by atoms with Gasteiger partial charge in [0.15, 0.2) is 0 Å². The predicted molar refractivity (Wildman–Crippen MR) is 83.7 cm³/mol. The van der Waals surface area contributed by atoms with Crippen LogP contribution in [0.4, 0.5) is 0 Å². The van der Waals surface area contributed by atoms with E-state index in [1.807, 2.05) is 43.5 Å².